The van der Waals surface area contributed by atoms with Gasteiger partial charge in [0.15, 0.2) is 0 Å². The molecule has 21 heavy (non-hydrogen) atoms. The van der Waals surface area contributed by atoms with Gasteiger partial charge in [-0.1, -0.05) is 22.0 Å². The number of aromatic nitrogens is 1. The van der Waals surface area contributed by atoms with Crippen LogP contribution >= 0.6 is 27.7 Å². The first kappa shape index (κ1) is 16.0. The smallest absolute Gasteiger partial charge is 0.265 e. The van der Waals surface area contributed by atoms with Gasteiger partial charge in [-0.3, -0.25) is 10.2 Å². The lowest BCUT2D eigenvalue weighted by Crippen LogP contribution is -2.29. The molecular formula is C15H16BrN3OS. The zero-order chi connectivity index (χ0) is 15.4. The normalized spacial score (nSPS) is 10.5. The van der Waals surface area contributed by atoms with Crippen molar-refractivity contribution in [2.24, 2.45) is 5.84 Å². The lowest BCUT2D eigenvalue weighted by Gasteiger charge is -2.07. The number of thioether (sulfide) groups is 1. The van der Waals surface area contributed by atoms with Crippen LogP contribution in [0.2, 0.25) is 0 Å². The molecule has 0 aliphatic rings. The molecule has 0 aliphatic heterocycles. The Morgan fingerprint density at radius 1 is 1.33 bits per heavy atom. The van der Waals surface area contributed by atoms with Crippen molar-refractivity contribution >= 4 is 33.6 Å². The zero-order valence-corrected chi connectivity index (χ0v) is 14.2. The average Bonchev–Trinajstić information content (AvgIpc) is 2.44. The molecule has 0 bridgehead atoms. The van der Waals surface area contributed by atoms with Crippen molar-refractivity contribution in [1.29, 1.82) is 0 Å². The largest absolute Gasteiger partial charge is 0.290 e. The molecule has 1 aromatic carbocycles. The van der Waals surface area contributed by atoms with Gasteiger partial charge in [0.05, 0.1) is 5.03 Å². The zero-order valence-electron chi connectivity index (χ0n) is 11.8. The van der Waals surface area contributed by atoms with Crippen molar-refractivity contribution < 1.29 is 4.79 Å². The van der Waals surface area contributed by atoms with Crippen LogP contribution in [0.3, 0.4) is 0 Å². The Labute approximate surface area is 136 Å². The second-order valence-corrected chi connectivity index (χ2v) is 6.54. The van der Waals surface area contributed by atoms with Gasteiger partial charge >= 0.3 is 0 Å². The Morgan fingerprint density at radius 2 is 2.10 bits per heavy atom. The molecule has 1 amide bonds. The molecule has 0 unspecified atom stereocenters. The third-order valence-electron chi connectivity index (χ3n) is 2.90. The van der Waals surface area contributed by atoms with Gasteiger partial charge < -0.3 is 0 Å². The van der Waals surface area contributed by atoms with E-state index in [0.717, 1.165) is 26.5 Å². The van der Waals surface area contributed by atoms with E-state index >= 15 is 0 Å². The van der Waals surface area contributed by atoms with E-state index in [2.05, 4.69) is 45.4 Å². The topological polar surface area (TPSA) is 68.0 Å². The summed E-state index contributed by atoms with van der Waals surface area (Å²) in [5, 5.41) is 1.00. The number of nitrogens with zero attached hydrogens (tertiary/aromatic N) is 1. The molecule has 0 atom stereocenters. The highest BCUT2D eigenvalue weighted by molar-refractivity contribution is 9.10. The summed E-state index contributed by atoms with van der Waals surface area (Å²) in [5.41, 5.74) is 5.99. The van der Waals surface area contributed by atoms with Crippen LogP contribution in [-0.4, -0.2) is 10.9 Å². The molecule has 1 aromatic heterocycles. The van der Waals surface area contributed by atoms with Gasteiger partial charge in [0.1, 0.15) is 0 Å². The van der Waals surface area contributed by atoms with Gasteiger partial charge in [-0.15, -0.1) is 11.8 Å². The first-order valence-electron chi connectivity index (χ1n) is 6.37. The van der Waals surface area contributed by atoms with Crippen molar-refractivity contribution in [3.05, 3.63) is 57.2 Å². The fraction of sp³-hybridized carbons (Fsp3) is 0.200. The fourth-order valence-corrected chi connectivity index (χ4v) is 3.66. The maximum atomic E-state index is 11.5. The van der Waals surface area contributed by atoms with E-state index in [0.29, 0.717) is 5.56 Å². The van der Waals surface area contributed by atoms with E-state index in [1.165, 1.54) is 5.56 Å². The number of nitrogens with one attached hydrogen (secondary N) is 1. The first-order valence-corrected chi connectivity index (χ1v) is 8.15. The summed E-state index contributed by atoms with van der Waals surface area (Å²) in [4.78, 5) is 16.0. The average molecular weight is 366 g/mol. The minimum absolute atomic E-state index is 0.300. The summed E-state index contributed by atoms with van der Waals surface area (Å²) in [7, 11) is 0. The molecule has 0 radical (unpaired) electrons. The quantitative estimate of drug-likeness (QED) is 0.377. The molecule has 3 N–H and O–H groups in total. The minimum atomic E-state index is -0.300. The van der Waals surface area contributed by atoms with Crippen molar-refractivity contribution in [3.63, 3.8) is 0 Å². The molecule has 6 heteroatoms. The van der Waals surface area contributed by atoms with Crippen LogP contribution in [-0.2, 0) is 5.75 Å². The molecule has 4 nitrogen and oxygen atoms in total. The molecule has 2 aromatic rings. The number of nitrogens with two attached hydrogens (primary N) is 1. The Kier molecular flexibility index (Phi) is 5.39. The molecule has 0 saturated heterocycles. The highest BCUT2D eigenvalue weighted by atomic mass is 79.9. The summed E-state index contributed by atoms with van der Waals surface area (Å²) in [6.45, 7) is 4.06. The van der Waals surface area contributed by atoms with Crippen molar-refractivity contribution in [2.45, 2.75) is 24.6 Å². The maximum Gasteiger partial charge on any atom is 0.265 e. The van der Waals surface area contributed by atoms with E-state index in [4.69, 9.17) is 5.84 Å². The molecule has 0 aliphatic carbocycles. The number of carbonyl (C=O) groups is 1. The standard InChI is InChI=1S/C15H16BrN3OS/c1-9-5-10(2)18-14(6-9)21-8-12-4-3-11(7-13(12)16)15(20)19-17/h3-7H,8,17H2,1-2H3,(H,19,20). The van der Waals surface area contributed by atoms with Crippen LogP contribution in [0.25, 0.3) is 0 Å². The number of pyridine rings is 1. The van der Waals surface area contributed by atoms with Crippen molar-refractivity contribution in [2.75, 3.05) is 0 Å². The summed E-state index contributed by atoms with van der Waals surface area (Å²) in [6, 6.07) is 9.58. The molecule has 110 valence electrons. The molecule has 0 saturated carbocycles. The number of benzene rings is 1. The van der Waals surface area contributed by atoms with Gasteiger partial charge in [-0.05, 0) is 49.2 Å². The van der Waals surface area contributed by atoms with Crippen LogP contribution in [0.1, 0.15) is 27.2 Å². The summed E-state index contributed by atoms with van der Waals surface area (Å²) in [6.07, 6.45) is 0. The van der Waals surface area contributed by atoms with Crippen LogP contribution in [0, 0.1) is 13.8 Å². The Bertz CT molecular complexity index is 656. The second-order valence-electron chi connectivity index (χ2n) is 4.69. The number of carbonyl (C=O) groups excluding carboxylic acids is 1. The summed E-state index contributed by atoms with van der Waals surface area (Å²) < 4.78 is 0.889. The number of halogens is 1. The van der Waals surface area contributed by atoms with Crippen molar-refractivity contribution in [1.82, 2.24) is 10.4 Å². The highest BCUT2D eigenvalue weighted by Gasteiger charge is 2.08. The van der Waals surface area contributed by atoms with Crippen LogP contribution in [0.4, 0.5) is 0 Å². The van der Waals surface area contributed by atoms with Gasteiger partial charge in [0.25, 0.3) is 5.91 Å². The van der Waals surface area contributed by atoms with Crippen LogP contribution in [0.15, 0.2) is 39.8 Å². The second kappa shape index (κ2) is 7.06. The summed E-state index contributed by atoms with van der Waals surface area (Å²) in [5.74, 6) is 5.61. The predicted octanol–water partition coefficient (Wildman–Crippen LogP) is 3.36. The lowest BCUT2D eigenvalue weighted by molar-refractivity contribution is 0.0953. The predicted molar refractivity (Wildman–Crippen MR) is 89.1 cm³/mol. The number of rotatable bonds is 4. The monoisotopic (exact) mass is 365 g/mol. The lowest BCUT2D eigenvalue weighted by atomic mass is 10.1. The van der Waals surface area contributed by atoms with E-state index in [1.54, 1.807) is 23.9 Å². The van der Waals surface area contributed by atoms with Crippen molar-refractivity contribution in [3.8, 4) is 0 Å². The van der Waals surface area contributed by atoms with Crippen LogP contribution < -0.4 is 11.3 Å². The number of hydrogen-bond donors (Lipinski definition) is 2. The Balaban J connectivity index is 2.11. The number of hydrazine groups is 1. The maximum absolute atomic E-state index is 11.5. The van der Waals surface area contributed by atoms with E-state index in [-0.39, 0.29) is 5.91 Å². The van der Waals surface area contributed by atoms with Gasteiger partial charge in [0.2, 0.25) is 0 Å². The number of nitrogen functional groups attached to an aromatic ring is 1. The first-order chi connectivity index (χ1) is 9.99. The summed E-state index contributed by atoms with van der Waals surface area (Å²) >= 11 is 5.16. The number of aryl methyl sites for hydroxylation is 2. The van der Waals surface area contributed by atoms with Crippen LogP contribution in [0.5, 0.6) is 0 Å². The number of amides is 1. The third kappa shape index (κ3) is 4.30. The van der Waals surface area contributed by atoms with Gasteiger partial charge in [-0.2, -0.15) is 0 Å². The third-order valence-corrected chi connectivity index (χ3v) is 4.59. The molecule has 2 rings (SSSR count). The molecular weight excluding hydrogens is 350 g/mol. The minimum Gasteiger partial charge on any atom is -0.290 e. The van der Waals surface area contributed by atoms with E-state index < -0.39 is 0 Å². The Hall–Kier alpha value is -1.37. The van der Waals surface area contributed by atoms with E-state index in [1.807, 2.05) is 13.0 Å². The fourth-order valence-electron chi connectivity index (χ4n) is 1.92. The molecule has 1 heterocycles. The Morgan fingerprint density at radius 3 is 2.71 bits per heavy atom. The SMILES string of the molecule is Cc1cc(C)nc(SCc2ccc(C(=O)NN)cc2Br)c1. The molecule has 0 fully saturated rings. The number of hydrogen-bond acceptors (Lipinski definition) is 4. The van der Waals surface area contributed by atoms with Gasteiger partial charge in [-0.25, -0.2) is 10.8 Å². The highest BCUT2D eigenvalue weighted by Crippen LogP contribution is 2.27. The molecule has 0 spiro atoms. The van der Waals surface area contributed by atoms with E-state index in [9.17, 15) is 4.79 Å². The van der Waals surface area contributed by atoms with Gasteiger partial charge in [0, 0.05) is 21.5 Å².